The van der Waals surface area contributed by atoms with Crippen molar-refractivity contribution in [3.63, 3.8) is 0 Å². The van der Waals surface area contributed by atoms with E-state index >= 15 is 0 Å². The highest BCUT2D eigenvalue weighted by molar-refractivity contribution is 5.20. The van der Waals surface area contributed by atoms with Gasteiger partial charge >= 0.3 is 0 Å². The van der Waals surface area contributed by atoms with Gasteiger partial charge in [0.2, 0.25) is 0 Å². The second-order valence-corrected chi connectivity index (χ2v) is 3.68. The zero-order valence-electron chi connectivity index (χ0n) is 8.19. The molecule has 2 nitrogen and oxygen atoms in total. The van der Waals surface area contributed by atoms with Crippen LogP contribution in [0.5, 0.6) is 0 Å². The summed E-state index contributed by atoms with van der Waals surface area (Å²) in [6, 6.07) is 5.65. The molecule has 14 heavy (non-hydrogen) atoms. The molecule has 1 atom stereocenters. The van der Waals surface area contributed by atoms with Crippen LogP contribution in [-0.4, -0.2) is 10.1 Å². The van der Waals surface area contributed by atoms with Crippen molar-refractivity contribution < 1.29 is 5.11 Å². The van der Waals surface area contributed by atoms with Crippen LogP contribution in [0, 0.1) is 0 Å². The maximum Gasteiger partial charge on any atom is 0.117 e. The van der Waals surface area contributed by atoms with Crippen LogP contribution in [0.2, 0.25) is 0 Å². The second kappa shape index (κ2) is 4.38. The predicted octanol–water partition coefficient (Wildman–Crippen LogP) is 2.62. The minimum Gasteiger partial charge on any atom is -0.382 e. The Hall–Kier alpha value is -1.15. The molecular weight excluding hydrogens is 174 g/mol. The molecule has 2 rings (SSSR count). The van der Waals surface area contributed by atoms with E-state index in [0.717, 1.165) is 24.1 Å². The molecule has 0 aromatic carbocycles. The topological polar surface area (TPSA) is 33.1 Å². The van der Waals surface area contributed by atoms with Gasteiger partial charge in [-0.05, 0) is 43.4 Å². The van der Waals surface area contributed by atoms with E-state index in [0.29, 0.717) is 0 Å². The molecule has 2 heteroatoms. The van der Waals surface area contributed by atoms with Crippen molar-refractivity contribution in [1.82, 2.24) is 4.98 Å². The Morgan fingerprint density at radius 1 is 1.29 bits per heavy atom. The number of aromatic nitrogens is 1. The molecule has 1 N–H and O–H groups in total. The first-order chi connectivity index (χ1) is 6.88. The summed E-state index contributed by atoms with van der Waals surface area (Å²) in [6.45, 7) is 0. The molecule has 74 valence electrons. The largest absolute Gasteiger partial charge is 0.382 e. The Morgan fingerprint density at radius 3 is 2.86 bits per heavy atom. The van der Waals surface area contributed by atoms with Gasteiger partial charge in [0.05, 0.1) is 5.69 Å². The van der Waals surface area contributed by atoms with Crippen molar-refractivity contribution in [3.05, 3.63) is 41.7 Å². The number of rotatable bonds is 2. The molecule has 0 bridgehead atoms. The molecule has 1 aromatic heterocycles. The van der Waals surface area contributed by atoms with Gasteiger partial charge in [0.15, 0.2) is 0 Å². The van der Waals surface area contributed by atoms with Crippen molar-refractivity contribution in [2.45, 2.75) is 31.8 Å². The monoisotopic (exact) mass is 189 g/mol. The lowest BCUT2D eigenvalue weighted by molar-refractivity contribution is 0.203. The smallest absolute Gasteiger partial charge is 0.117 e. The predicted molar refractivity (Wildman–Crippen MR) is 55.7 cm³/mol. The van der Waals surface area contributed by atoms with Crippen LogP contribution in [0.3, 0.4) is 0 Å². The minimum atomic E-state index is -0.489. The number of allylic oxidation sites excluding steroid dienone is 1. The maximum atomic E-state index is 10.0. The van der Waals surface area contributed by atoms with E-state index in [2.05, 4.69) is 11.1 Å². The maximum absolute atomic E-state index is 10.0. The fourth-order valence-electron chi connectivity index (χ4n) is 1.84. The summed E-state index contributed by atoms with van der Waals surface area (Å²) in [5.74, 6) is 0. The fraction of sp³-hybridized carbons (Fsp3) is 0.417. The van der Waals surface area contributed by atoms with Gasteiger partial charge in [-0.1, -0.05) is 12.1 Å². The molecular formula is C12H15NO. The second-order valence-electron chi connectivity index (χ2n) is 3.68. The lowest BCUT2D eigenvalue weighted by atomic mass is 9.94. The van der Waals surface area contributed by atoms with E-state index in [-0.39, 0.29) is 0 Å². The molecule has 0 amide bonds. The Bertz CT molecular complexity index is 318. The Labute approximate surface area is 84.3 Å². The van der Waals surface area contributed by atoms with E-state index < -0.39 is 6.10 Å². The SMILES string of the molecule is OC(C1=CCCCC1)c1ccccn1. The molecule has 0 radical (unpaired) electrons. The van der Waals surface area contributed by atoms with E-state index in [1.165, 1.54) is 12.8 Å². The summed E-state index contributed by atoms with van der Waals surface area (Å²) in [5.41, 5.74) is 1.90. The van der Waals surface area contributed by atoms with Gasteiger partial charge in [-0.15, -0.1) is 0 Å². The average molecular weight is 189 g/mol. The Kier molecular flexibility index (Phi) is 2.94. The van der Waals surface area contributed by atoms with E-state index in [9.17, 15) is 5.11 Å². The van der Waals surface area contributed by atoms with Crippen molar-refractivity contribution in [3.8, 4) is 0 Å². The highest BCUT2D eigenvalue weighted by Crippen LogP contribution is 2.28. The third-order valence-electron chi connectivity index (χ3n) is 2.65. The van der Waals surface area contributed by atoms with E-state index in [1.807, 2.05) is 18.2 Å². The number of aliphatic hydroxyl groups is 1. The molecule has 0 saturated heterocycles. The van der Waals surface area contributed by atoms with Crippen LogP contribution in [0.25, 0.3) is 0 Å². The van der Waals surface area contributed by atoms with Crippen LogP contribution >= 0.6 is 0 Å². The van der Waals surface area contributed by atoms with Gasteiger partial charge < -0.3 is 5.11 Å². The van der Waals surface area contributed by atoms with Crippen LogP contribution < -0.4 is 0 Å². The zero-order valence-corrected chi connectivity index (χ0v) is 8.19. The first kappa shape index (κ1) is 9.41. The summed E-state index contributed by atoms with van der Waals surface area (Å²) in [4.78, 5) is 4.16. The summed E-state index contributed by atoms with van der Waals surface area (Å²) < 4.78 is 0. The molecule has 0 fully saturated rings. The van der Waals surface area contributed by atoms with Crippen LogP contribution in [-0.2, 0) is 0 Å². The molecule has 1 aliphatic rings. The van der Waals surface area contributed by atoms with E-state index in [4.69, 9.17) is 0 Å². The molecule has 0 aliphatic heterocycles. The van der Waals surface area contributed by atoms with Crippen molar-refractivity contribution in [2.24, 2.45) is 0 Å². The first-order valence-electron chi connectivity index (χ1n) is 5.16. The van der Waals surface area contributed by atoms with Gasteiger partial charge in [0, 0.05) is 6.20 Å². The highest BCUT2D eigenvalue weighted by atomic mass is 16.3. The number of nitrogens with zero attached hydrogens (tertiary/aromatic N) is 1. The van der Waals surface area contributed by atoms with Crippen LogP contribution in [0.15, 0.2) is 36.0 Å². The van der Waals surface area contributed by atoms with Gasteiger partial charge in [-0.3, -0.25) is 4.98 Å². The average Bonchev–Trinajstić information content (AvgIpc) is 2.30. The quantitative estimate of drug-likeness (QED) is 0.725. The minimum absolute atomic E-state index is 0.489. The number of hydrogen-bond acceptors (Lipinski definition) is 2. The van der Waals surface area contributed by atoms with Gasteiger partial charge in [-0.2, -0.15) is 0 Å². The van der Waals surface area contributed by atoms with Gasteiger partial charge in [0.25, 0.3) is 0 Å². The van der Waals surface area contributed by atoms with E-state index in [1.54, 1.807) is 6.20 Å². The Morgan fingerprint density at radius 2 is 2.21 bits per heavy atom. The standard InChI is InChI=1S/C12H15NO/c14-12(10-6-2-1-3-7-10)11-8-4-5-9-13-11/h4-6,8-9,12,14H,1-3,7H2. The van der Waals surface area contributed by atoms with Crippen molar-refractivity contribution in [2.75, 3.05) is 0 Å². The third-order valence-corrected chi connectivity index (χ3v) is 2.65. The first-order valence-corrected chi connectivity index (χ1v) is 5.16. The summed E-state index contributed by atoms with van der Waals surface area (Å²) >= 11 is 0. The number of aliphatic hydroxyl groups excluding tert-OH is 1. The van der Waals surface area contributed by atoms with Gasteiger partial charge in [0.1, 0.15) is 6.10 Å². The molecule has 1 heterocycles. The molecule has 0 spiro atoms. The molecule has 1 aliphatic carbocycles. The van der Waals surface area contributed by atoms with Crippen LogP contribution in [0.1, 0.15) is 37.5 Å². The zero-order chi connectivity index (χ0) is 9.80. The highest BCUT2D eigenvalue weighted by Gasteiger charge is 2.15. The lowest BCUT2D eigenvalue weighted by Crippen LogP contribution is -2.06. The number of pyridine rings is 1. The molecule has 1 aromatic rings. The summed E-state index contributed by atoms with van der Waals surface area (Å²) in [5, 5.41) is 10.0. The van der Waals surface area contributed by atoms with Crippen molar-refractivity contribution in [1.29, 1.82) is 0 Å². The normalized spacial score (nSPS) is 18.8. The fourth-order valence-corrected chi connectivity index (χ4v) is 1.84. The van der Waals surface area contributed by atoms with Crippen LogP contribution in [0.4, 0.5) is 0 Å². The third kappa shape index (κ3) is 2.02. The number of hydrogen-bond donors (Lipinski definition) is 1. The summed E-state index contributed by atoms with van der Waals surface area (Å²) in [6.07, 6.45) is 7.94. The lowest BCUT2D eigenvalue weighted by Gasteiger charge is -2.17. The summed E-state index contributed by atoms with van der Waals surface area (Å²) in [7, 11) is 0. The molecule has 0 saturated carbocycles. The van der Waals surface area contributed by atoms with Crippen molar-refractivity contribution >= 4 is 0 Å². The Balaban J connectivity index is 2.15. The van der Waals surface area contributed by atoms with Gasteiger partial charge in [-0.25, -0.2) is 0 Å². The molecule has 1 unspecified atom stereocenters.